The summed E-state index contributed by atoms with van der Waals surface area (Å²) in [4.78, 5) is -0.109. The quantitative estimate of drug-likeness (QED) is 0.397. The van der Waals surface area contributed by atoms with E-state index in [1.807, 2.05) is 0 Å². The van der Waals surface area contributed by atoms with E-state index in [0.717, 1.165) is 56.4 Å². The molecule has 9 heteroatoms. The molecular formula is C29H30F3NO4S. The molecule has 2 atom stereocenters. The van der Waals surface area contributed by atoms with Crippen LogP contribution in [0.2, 0.25) is 0 Å². The lowest BCUT2D eigenvalue weighted by atomic mass is 9.81. The third kappa shape index (κ3) is 6.39. The van der Waals surface area contributed by atoms with Gasteiger partial charge in [0, 0.05) is 19.1 Å². The van der Waals surface area contributed by atoms with Crippen molar-refractivity contribution in [3.8, 4) is 5.75 Å². The van der Waals surface area contributed by atoms with Gasteiger partial charge in [0.15, 0.2) is 0 Å². The Balaban J connectivity index is 1.24. The molecule has 202 valence electrons. The van der Waals surface area contributed by atoms with Crippen LogP contribution in [0.3, 0.4) is 0 Å². The highest BCUT2D eigenvalue weighted by Gasteiger charge is 2.32. The molecule has 0 spiro atoms. The number of alkyl halides is 3. The lowest BCUT2D eigenvalue weighted by Crippen LogP contribution is -2.35. The van der Waals surface area contributed by atoms with Crippen molar-refractivity contribution in [2.75, 3.05) is 13.2 Å². The van der Waals surface area contributed by atoms with E-state index in [1.165, 1.54) is 22.3 Å². The Bertz CT molecular complexity index is 1310. The molecule has 3 aromatic carbocycles. The largest absolute Gasteiger partial charge is 0.573 e. The van der Waals surface area contributed by atoms with E-state index in [4.69, 9.17) is 4.74 Å². The number of halogens is 3. The first-order chi connectivity index (χ1) is 18.2. The van der Waals surface area contributed by atoms with Gasteiger partial charge in [-0.2, -0.15) is 0 Å². The summed E-state index contributed by atoms with van der Waals surface area (Å²) in [6.07, 6.45) is -0.568. The molecule has 1 aliphatic carbocycles. The average molecular weight is 546 g/mol. The summed E-state index contributed by atoms with van der Waals surface area (Å²) in [5.74, 6) is -0.166. The van der Waals surface area contributed by atoms with Crippen LogP contribution in [0.4, 0.5) is 13.2 Å². The molecule has 0 amide bonds. The minimum atomic E-state index is -4.83. The molecular weight excluding hydrogens is 515 g/mol. The van der Waals surface area contributed by atoms with Crippen molar-refractivity contribution in [2.45, 2.75) is 55.4 Å². The molecule has 0 aromatic heterocycles. The molecule has 1 fully saturated rings. The normalized spacial score (nSPS) is 20.3. The van der Waals surface area contributed by atoms with Gasteiger partial charge in [-0.25, -0.2) is 13.1 Å². The van der Waals surface area contributed by atoms with E-state index >= 15 is 0 Å². The molecule has 0 unspecified atom stereocenters. The summed E-state index contributed by atoms with van der Waals surface area (Å²) in [5.41, 5.74) is 5.39. The van der Waals surface area contributed by atoms with Crippen LogP contribution in [0, 0.1) is 5.92 Å². The van der Waals surface area contributed by atoms with Crippen LogP contribution >= 0.6 is 0 Å². The van der Waals surface area contributed by atoms with Crippen molar-refractivity contribution in [2.24, 2.45) is 5.92 Å². The fraction of sp³-hybridized carbons (Fsp3) is 0.379. The number of hydrogen-bond donors (Lipinski definition) is 1. The lowest BCUT2D eigenvalue weighted by molar-refractivity contribution is -0.274. The van der Waals surface area contributed by atoms with Gasteiger partial charge in [0.05, 0.1) is 11.0 Å². The van der Waals surface area contributed by atoms with Crippen molar-refractivity contribution in [1.82, 2.24) is 4.72 Å². The Morgan fingerprint density at radius 1 is 0.895 bits per heavy atom. The number of aryl methyl sites for hydroxylation is 2. The highest BCUT2D eigenvalue weighted by molar-refractivity contribution is 7.89. The van der Waals surface area contributed by atoms with Gasteiger partial charge < -0.3 is 9.47 Å². The summed E-state index contributed by atoms with van der Waals surface area (Å²) in [6, 6.07) is 21.4. The van der Waals surface area contributed by atoms with Crippen LogP contribution in [-0.2, 0) is 27.6 Å². The molecule has 3 aromatic rings. The van der Waals surface area contributed by atoms with Crippen LogP contribution in [0.1, 0.15) is 47.4 Å². The zero-order valence-electron chi connectivity index (χ0n) is 20.8. The van der Waals surface area contributed by atoms with Gasteiger partial charge in [-0.15, -0.1) is 13.2 Å². The topological polar surface area (TPSA) is 64.6 Å². The third-order valence-corrected chi connectivity index (χ3v) is 8.87. The molecule has 5 nitrogen and oxygen atoms in total. The summed E-state index contributed by atoms with van der Waals surface area (Å²) < 4.78 is 75.3. The van der Waals surface area contributed by atoms with E-state index in [9.17, 15) is 21.6 Å². The van der Waals surface area contributed by atoms with Gasteiger partial charge in [-0.3, -0.25) is 0 Å². The molecule has 0 bridgehead atoms. The number of fused-ring (bicyclic) bond motifs is 2. The Labute approximate surface area is 221 Å². The second-order valence-corrected chi connectivity index (χ2v) is 11.7. The minimum Gasteiger partial charge on any atom is -0.406 e. The van der Waals surface area contributed by atoms with E-state index in [0.29, 0.717) is 6.61 Å². The lowest BCUT2D eigenvalue weighted by Gasteiger charge is -2.33. The highest BCUT2D eigenvalue weighted by atomic mass is 32.2. The van der Waals surface area contributed by atoms with Gasteiger partial charge >= 0.3 is 6.36 Å². The Morgan fingerprint density at radius 3 is 2.11 bits per heavy atom. The molecule has 38 heavy (non-hydrogen) atoms. The third-order valence-electron chi connectivity index (χ3n) is 7.43. The van der Waals surface area contributed by atoms with Crippen molar-refractivity contribution in [3.05, 3.63) is 95.1 Å². The van der Waals surface area contributed by atoms with Gasteiger partial charge in [0.25, 0.3) is 0 Å². The Hall–Kier alpha value is -2.88. The van der Waals surface area contributed by atoms with E-state index in [2.05, 4.69) is 58.0 Å². The zero-order chi connectivity index (χ0) is 26.8. The van der Waals surface area contributed by atoms with Crippen molar-refractivity contribution >= 4 is 10.0 Å². The summed E-state index contributed by atoms with van der Waals surface area (Å²) in [6.45, 7) is 0.789. The first-order valence-electron chi connectivity index (χ1n) is 12.8. The maximum Gasteiger partial charge on any atom is 0.573 e. The smallest absolute Gasteiger partial charge is 0.406 e. The molecule has 5 rings (SSSR count). The maximum atomic E-state index is 12.8. The molecule has 1 aliphatic heterocycles. The fourth-order valence-corrected chi connectivity index (χ4v) is 6.71. The number of benzene rings is 3. The first kappa shape index (κ1) is 26.7. The van der Waals surface area contributed by atoms with Crippen LogP contribution in [0.15, 0.2) is 77.7 Å². The average Bonchev–Trinajstić information content (AvgIpc) is 3.05. The minimum absolute atomic E-state index is 0.0127. The van der Waals surface area contributed by atoms with Gasteiger partial charge in [0.2, 0.25) is 10.0 Å². The predicted molar refractivity (Wildman–Crippen MR) is 138 cm³/mol. The van der Waals surface area contributed by atoms with Crippen molar-refractivity contribution in [3.63, 3.8) is 0 Å². The molecule has 0 saturated carbocycles. The number of rotatable bonds is 7. The molecule has 1 saturated heterocycles. The summed E-state index contributed by atoms with van der Waals surface area (Å²) in [7, 11) is -3.88. The van der Waals surface area contributed by atoms with Crippen LogP contribution in [-0.4, -0.2) is 34.0 Å². The fourth-order valence-electron chi connectivity index (χ4n) is 5.60. The molecule has 1 heterocycles. The monoisotopic (exact) mass is 545 g/mol. The Morgan fingerprint density at radius 2 is 1.50 bits per heavy atom. The number of hydrogen-bond acceptors (Lipinski definition) is 4. The Kier molecular flexibility index (Phi) is 7.79. The van der Waals surface area contributed by atoms with Crippen molar-refractivity contribution < 1.29 is 31.1 Å². The van der Waals surface area contributed by atoms with Gasteiger partial charge in [-0.05, 0) is 84.5 Å². The second-order valence-electron chi connectivity index (χ2n) is 9.94. The number of ether oxygens (including phenoxy) is 2. The SMILES string of the molecule is O=S(=O)(NC[C@H]1CCO[C@@H](CC2c3ccccc3CCc3ccccc32)C1)c1ccc(OC(F)(F)F)cc1. The highest BCUT2D eigenvalue weighted by Crippen LogP contribution is 2.39. The van der Waals surface area contributed by atoms with Crippen LogP contribution in [0.25, 0.3) is 0 Å². The van der Waals surface area contributed by atoms with E-state index in [1.54, 1.807) is 0 Å². The zero-order valence-corrected chi connectivity index (χ0v) is 21.6. The summed E-state index contributed by atoms with van der Waals surface area (Å²) in [5, 5.41) is 0. The predicted octanol–water partition coefficient (Wildman–Crippen LogP) is 5.98. The van der Waals surface area contributed by atoms with Gasteiger partial charge in [0.1, 0.15) is 5.75 Å². The van der Waals surface area contributed by atoms with Crippen molar-refractivity contribution in [1.29, 1.82) is 0 Å². The molecule has 1 N–H and O–H groups in total. The van der Waals surface area contributed by atoms with E-state index in [-0.39, 0.29) is 29.4 Å². The maximum absolute atomic E-state index is 12.8. The number of nitrogens with one attached hydrogen (secondary N) is 1. The van der Waals surface area contributed by atoms with E-state index < -0.39 is 22.1 Å². The standard InChI is InChI=1S/C29H30F3NO4S/c30-29(31,32)37-23-11-13-25(14-12-23)38(34,35)33-19-20-15-16-36-24(17-20)18-28-26-7-3-1-5-21(26)9-10-22-6-2-4-8-27(22)28/h1-8,11-14,20,24,28,33H,9-10,15-19H2/t20-,24+/m0/s1. The molecule has 2 aliphatic rings. The first-order valence-corrected chi connectivity index (χ1v) is 14.3. The van der Waals surface area contributed by atoms with Gasteiger partial charge in [-0.1, -0.05) is 48.5 Å². The summed E-state index contributed by atoms with van der Waals surface area (Å²) >= 11 is 0. The van der Waals surface area contributed by atoms with Crippen LogP contribution in [0.5, 0.6) is 5.75 Å². The van der Waals surface area contributed by atoms with Crippen LogP contribution < -0.4 is 9.46 Å². The second kappa shape index (κ2) is 11.1. The molecule has 0 radical (unpaired) electrons. The number of sulfonamides is 1.